The van der Waals surface area contributed by atoms with E-state index >= 15 is 0 Å². The molecule has 0 bridgehead atoms. The molecular weight excluding hydrogens is 296 g/mol. The number of fused-ring (bicyclic) bond motifs is 1. The summed E-state index contributed by atoms with van der Waals surface area (Å²) in [7, 11) is 0. The standard InChI is InChI=1S/C16H20N4OS/c1-11-7-12(2)20-13(9-18-15(20)19-11)8-17-10-16(3,21)14-5-4-6-22-14/h4-7,9,17,21H,8,10H2,1-3H3. The fourth-order valence-electron chi connectivity index (χ4n) is 2.63. The molecular formula is C16H20N4OS. The smallest absolute Gasteiger partial charge is 0.234 e. The third-order valence-electron chi connectivity index (χ3n) is 3.69. The van der Waals surface area contributed by atoms with Crippen LogP contribution >= 0.6 is 11.3 Å². The maximum atomic E-state index is 10.5. The number of hydrogen-bond donors (Lipinski definition) is 2. The molecule has 0 spiro atoms. The molecule has 22 heavy (non-hydrogen) atoms. The first kappa shape index (κ1) is 15.1. The number of hydrogen-bond acceptors (Lipinski definition) is 5. The molecule has 5 nitrogen and oxygen atoms in total. The van der Waals surface area contributed by atoms with Crippen LogP contribution in [0.5, 0.6) is 0 Å². The van der Waals surface area contributed by atoms with Gasteiger partial charge in [0.1, 0.15) is 5.60 Å². The van der Waals surface area contributed by atoms with Gasteiger partial charge >= 0.3 is 0 Å². The number of aliphatic hydroxyl groups is 1. The Morgan fingerprint density at radius 2 is 2.23 bits per heavy atom. The fourth-order valence-corrected chi connectivity index (χ4v) is 3.41. The van der Waals surface area contributed by atoms with E-state index in [-0.39, 0.29) is 0 Å². The predicted octanol–water partition coefficient (Wildman–Crippen LogP) is 2.40. The van der Waals surface area contributed by atoms with Gasteiger partial charge in [0, 0.05) is 29.4 Å². The van der Waals surface area contributed by atoms with Gasteiger partial charge in [-0.1, -0.05) is 6.07 Å². The minimum atomic E-state index is -0.863. The van der Waals surface area contributed by atoms with Crippen LogP contribution in [-0.2, 0) is 12.1 Å². The molecule has 0 aromatic carbocycles. The summed E-state index contributed by atoms with van der Waals surface area (Å²) >= 11 is 1.57. The Hall–Kier alpha value is -1.76. The third kappa shape index (κ3) is 2.90. The van der Waals surface area contributed by atoms with Crippen LogP contribution in [0, 0.1) is 13.8 Å². The lowest BCUT2D eigenvalue weighted by Crippen LogP contribution is -2.34. The van der Waals surface area contributed by atoms with Gasteiger partial charge in [-0.05, 0) is 38.3 Å². The van der Waals surface area contributed by atoms with E-state index in [2.05, 4.69) is 22.2 Å². The second-order valence-electron chi connectivity index (χ2n) is 5.78. The van der Waals surface area contributed by atoms with E-state index in [1.54, 1.807) is 11.3 Å². The molecule has 0 aliphatic carbocycles. The first-order chi connectivity index (χ1) is 10.5. The summed E-state index contributed by atoms with van der Waals surface area (Å²) in [6.07, 6.45) is 1.83. The van der Waals surface area contributed by atoms with Gasteiger partial charge in [-0.2, -0.15) is 0 Å². The van der Waals surface area contributed by atoms with Crippen molar-refractivity contribution in [1.82, 2.24) is 19.7 Å². The Kier molecular flexibility index (Phi) is 3.99. The van der Waals surface area contributed by atoms with Crippen molar-refractivity contribution < 1.29 is 5.11 Å². The van der Waals surface area contributed by atoms with Crippen molar-refractivity contribution in [2.24, 2.45) is 0 Å². The fraction of sp³-hybridized carbons (Fsp3) is 0.375. The molecule has 2 N–H and O–H groups in total. The van der Waals surface area contributed by atoms with Crippen molar-refractivity contribution in [3.05, 3.63) is 51.7 Å². The molecule has 3 aromatic heterocycles. The highest BCUT2D eigenvalue weighted by atomic mass is 32.1. The molecule has 0 aliphatic heterocycles. The molecule has 3 aromatic rings. The number of rotatable bonds is 5. The lowest BCUT2D eigenvalue weighted by molar-refractivity contribution is 0.0603. The Balaban J connectivity index is 1.72. The largest absolute Gasteiger partial charge is 0.383 e. The van der Waals surface area contributed by atoms with Crippen LogP contribution in [0.4, 0.5) is 0 Å². The number of aromatic nitrogens is 3. The van der Waals surface area contributed by atoms with Crippen molar-refractivity contribution >= 4 is 17.1 Å². The average molecular weight is 316 g/mol. The summed E-state index contributed by atoms with van der Waals surface area (Å²) < 4.78 is 2.04. The van der Waals surface area contributed by atoms with Crippen molar-refractivity contribution in [2.45, 2.75) is 32.9 Å². The van der Waals surface area contributed by atoms with Crippen molar-refractivity contribution in [3.8, 4) is 0 Å². The SMILES string of the molecule is Cc1cc(C)n2c(CNCC(C)(O)c3cccs3)cnc2n1. The van der Waals surface area contributed by atoms with Crippen LogP contribution in [-0.4, -0.2) is 26.0 Å². The van der Waals surface area contributed by atoms with E-state index in [4.69, 9.17) is 0 Å². The minimum Gasteiger partial charge on any atom is -0.383 e. The second kappa shape index (κ2) is 5.79. The van der Waals surface area contributed by atoms with Crippen LogP contribution in [0.15, 0.2) is 29.8 Å². The zero-order valence-electron chi connectivity index (χ0n) is 13.0. The molecule has 3 heterocycles. The maximum absolute atomic E-state index is 10.5. The molecule has 1 atom stereocenters. The summed E-state index contributed by atoms with van der Waals surface area (Å²) in [6, 6.07) is 5.95. The molecule has 3 rings (SSSR count). The average Bonchev–Trinajstić information content (AvgIpc) is 3.08. The summed E-state index contributed by atoms with van der Waals surface area (Å²) in [4.78, 5) is 9.75. The van der Waals surface area contributed by atoms with Crippen LogP contribution in [0.3, 0.4) is 0 Å². The Morgan fingerprint density at radius 3 is 2.95 bits per heavy atom. The van der Waals surface area contributed by atoms with Crippen LogP contribution < -0.4 is 5.32 Å². The van der Waals surface area contributed by atoms with Gasteiger partial charge in [-0.25, -0.2) is 9.97 Å². The lowest BCUT2D eigenvalue weighted by Gasteiger charge is -2.22. The van der Waals surface area contributed by atoms with E-state index in [9.17, 15) is 5.11 Å². The van der Waals surface area contributed by atoms with Crippen LogP contribution in [0.2, 0.25) is 0 Å². The van der Waals surface area contributed by atoms with Gasteiger partial charge in [0.05, 0.1) is 11.9 Å². The quantitative estimate of drug-likeness (QED) is 0.759. The number of aryl methyl sites for hydroxylation is 2. The topological polar surface area (TPSA) is 62.5 Å². The minimum absolute atomic E-state index is 0.485. The molecule has 0 radical (unpaired) electrons. The van der Waals surface area contributed by atoms with E-state index in [0.29, 0.717) is 13.1 Å². The zero-order chi connectivity index (χ0) is 15.7. The Bertz CT molecular complexity index is 777. The normalized spacial score (nSPS) is 14.4. The summed E-state index contributed by atoms with van der Waals surface area (Å²) in [5, 5.41) is 15.8. The number of imidazole rings is 1. The summed E-state index contributed by atoms with van der Waals surface area (Å²) in [5.41, 5.74) is 2.26. The number of nitrogens with one attached hydrogen (secondary N) is 1. The Labute approximate surface area is 133 Å². The molecule has 0 aliphatic rings. The molecule has 1 unspecified atom stereocenters. The van der Waals surface area contributed by atoms with Crippen LogP contribution in [0.1, 0.15) is 28.9 Å². The Morgan fingerprint density at radius 1 is 1.41 bits per heavy atom. The number of nitrogens with zero attached hydrogens (tertiary/aromatic N) is 3. The van der Waals surface area contributed by atoms with Crippen molar-refractivity contribution in [2.75, 3.05) is 6.54 Å². The molecule has 0 saturated heterocycles. The zero-order valence-corrected chi connectivity index (χ0v) is 13.8. The first-order valence-electron chi connectivity index (χ1n) is 7.25. The van der Waals surface area contributed by atoms with Gasteiger partial charge in [0.25, 0.3) is 0 Å². The van der Waals surface area contributed by atoms with Gasteiger partial charge in [-0.15, -0.1) is 11.3 Å². The predicted molar refractivity (Wildman–Crippen MR) is 88.1 cm³/mol. The van der Waals surface area contributed by atoms with E-state index < -0.39 is 5.60 Å². The van der Waals surface area contributed by atoms with Crippen LogP contribution in [0.25, 0.3) is 5.78 Å². The van der Waals surface area contributed by atoms with Gasteiger partial charge < -0.3 is 10.4 Å². The highest BCUT2D eigenvalue weighted by Crippen LogP contribution is 2.24. The van der Waals surface area contributed by atoms with Gasteiger partial charge in [0.2, 0.25) is 5.78 Å². The highest BCUT2D eigenvalue weighted by Gasteiger charge is 2.23. The lowest BCUT2D eigenvalue weighted by atomic mass is 10.1. The molecule has 0 saturated carbocycles. The van der Waals surface area contributed by atoms with E-state index in [1.807, 2.05) is 48.0 Å². The molecule has 6 heteroatoms. The first-order valence-corrected chi connectivity index (χ1v) is 8.13. The second-order valence-corrected chi connectivity index (χ2v) is 6.73. The van der Waals surface area contributed by atoms with Gasteiger partial charge in [-0.3, -0.25) is 4.40 Å². The van der Waals surface area contributed by atoms with E-state index in [0.717, 1.165) is 27.7 Å². The monoisotopic (exact) mass is 316 g/mol. The summed E-state index contributed by atoms with van der Waals surface area (Å²) in [5.74, 6) is 0.722. The maximum Gasteiger partial charge on any atom is 0.234 e. The molecule has 0 fully saturated rings. The van der Waals surface area contributed by atoms with Crippen molar-refractivity contribution in [1.29, 1.82) is 0 Å². The molecule has 116 valence electrons. The molecule has 0 amide bonds. The third-order valence-corrected chi connectivity index (χ3v) is 4.81. The number of thiophene rings is 1. The van der Waals surface area contributed by atoms with Gasteiger partial charge in [0.15, 0.2) is 0 Å². The summed E-state index contributed by atoms with van der Waals surface area (Å²) in [6.45, 7) is 6.97. The highest BCUT2D eigenvalue weighted by molar-refractivity contribution is 7.10. The van der Waals surface area contributed by atoms with Crippen molar-refractivity contribution in [3.63, 3.8) is 0 Å². The van der Waals surface area contributed by atoms with E-state index in [1.165, 1.54) is 0 Å².